The molecule has 4 aromatic rings. The Morgan fingerprint density at radius 1 is 1.00 bits per heavy atom. The van der Waals surface area contributed by atoms with Crippen molar-refractivity contribution in [3.05, 3.63) is 84.2 Å². The maximum Gasteiger partial charge on any atom is 0.230 e. The van der Waals surface area contributed by atoms with Crippen LogP contribution < -0.4 is 10.1 Å². The molecule has 174 valence electrons. The number of hydrogen-bond donors (Lipinski definition) is 1. The van der Waals surface area contributed by atoms with Crippen LogP contribution in [-0.4, -0.2) is 44.6 Å². The molecule has 0 aliphatic rings. The molecule has 7 nitrogen and oxygen atoms in total. The maximum atomic E-state index is 12.4. The molecular formula is C26H27N5O2S. The van der Waals surface area contributed by atoms with E-state index in [1.54, 1.807) is 12.4 Å². The van der Waals surface area contributed by atoms with Crippen LogP contribution in [0.1, 0.15) is 17.5 Å². The van der Waals surface area contributed by atoms with Gasteiger partial charge in [-0.25, -0.2) is 0 Å². The van der Waals surface area contributed by atoms with Gasteiger partial charge in [-0.2, -0.15) is 0 Å². The van der Waals surface area contributed by atoms with Crippen LogP contribution in [0.3, 0.4) is 0 Å². The number of pyridine rings is 1. The van der Waals surface area contributed by atoms with Crippen molar-refractivity contribution in [2.45, 2.75) is 25.4 Å². The SMILES string of the molecule is Cc1ccc(-n2c(SCC(=O)NCCCOc3cccc(C)c3)nnc2-c2ccncc2)cc1. The average Bonchev–Trinajstić information content (AvgIpc) is 3.27. The van der Waals surface area contributed by atoms with E-state index >= 15 is 0 Å². The van der Waals surface area contributed by atoms with Crippen LogP contribution >= 0.6 is 11.8 Å². The average molecular weight is 474 g/mol. The van der Waals surface area contributed by atoms with Crippen LogP contribution in [0.2, 0.25) is 0 Å². The van der Waals surface area contributed by atoms with Gasteiger partial charge < -0.3 is 10.1 Å². The quantitative estimate of drug-likeness (QED) is 0.267. The van der Waals surface area contributed by atoms with Crippen LogP contribution in [0, 0.1) is 13.8 Å². The largest absolute Gasteiger partial charge is 0.494 e. The van der Waals surface area contributed by atoms with Gasteiger partial charge in [0.15, 0.2) is 11.0 Å². The molecule has 0 radical (unpaired) electrons. The Labute approximate surface area is 203 Å². The van der Waals surface area contributed by atoms with Crippen molar-refractivity contribution in [3.8, 4) is 22.8 Å². The van der Waals surface area contributed by atoms with Crippen molar-refractivity contribution in [1.82, 2.24) is 25.1 Å². The van der Waals surface area contributed by atoms with Crippen molar-refractivity contribution in [3.63, 3.8) is 0 Å². The fraction of sp³-hybridized carbons (Fsp3) is 0.231. The second-order valence-corrected chi connectivity index (χ2v) is 8.81. The van der Waals surface area contributed by atoms with Gasteiger partial charge in [-0.05, 0) is 62.2 Å². The first-order valence-corrected chi connectivity index (χ1v) is 12.1. The number of amides is 1. The van der Waals surface area contributed by atoms with Gasteiger partial charge in [-0.1, -0.05) is 41.6 Å². The first kappa shape index (κ1) is 23.5. The number of aromatic nitrogens is 4. The number of nitrogens with one attached hydrogen (secondary N) is 1. The molecule has 2 heterocycles. The van der Waals surface area contributed by atoms with Crippen molar-refractivity contribution < 1.29 is 9.53 Å². The highest BCUT2D eigenvalue weighted by atomic mass is 32.2. The third kappa shape index (κ3) is 6.23. The van der Waals surface area contributed by atoms with Crippen LogP contribution in [0.4, 0.5) is 0 Å². The molecule has 1 amide bonds. The second kappa shape index (κ2) is 11.5. The van der Waals surface area contributed by atoms with Crippen molar-refractivity contribution in [2.75, 3.05) is 18.9 Å². The van der Waals surface area contributed by atoms with E-state index in [0.29, 0.717) is 24.1 Å². The van der Waals surface area contributed by atoms with E-state index in [4.69, 9.17) is 4.74 Å². The second-order valence-electron chi connectivity index (χ2n) is 7.87. The van der Waals surface area contributed by atoms with Crippen molar-refractivity contribution in [1.29, 1.82) is 0 Å². The lowest BCUT2D eigenvalue weighted by Gasteiger charge is -2.11. The van der Waals surface area contributed by atoms with E-state index in [2.05, 4.69) is 20.5 Å². The summed E-state index contributed by atoms with van der Waals surface area (Å²) in [5, 5.41) is 12.4. The normalized spacial score (nSPS) is 10.8. The van der Waals surface area contributed by atoms with E-state index in [1.807, 2.05) is 79.1 Å². The van der Waals surface area contributed by atoms with Gasteiger partial charge in [0.1, 0.15) is 5.75 Å². The number of carbonyl (C=O) groups excluding carboxylic acids is 1. The minimum Gasteiger partial charge on any atom is -0.494 e. The van der Waals surface area contributed by atoms with E-state index < -0.39 is 0 Å². The van der Waals surface area contributed by atoms with Gasteiger partial charge in [0.05, 0.1) is 12.4 Å². The first-order valence-electron chi connectivity index (χ1n) is 11.1. The highest BCUT2D eigenvalue weighted by Crippen LogP contribution is 2.27. The predicted molar refractivity (Wildman–Crippen MR) is 134 cm³/mol. The standard InChI is InChI=1S/C26H27N5O2S/c1-19-7-9-22(10-8-19)31-25(21-11-14-27-15-12-21)29-30-26(31)34-18-24(32)28-13-4-16-33-23-6-3-5-20(2)17-23/h3,5-12,14-15,17H,4,13,16,18H2,1-2H3,(H,28,32). The summed E-state index contributed by atoms with van der Waals surface area (Å²) in [5.41, 5.74) is 4.18. The monoisotopic (exact) mass is 473 g/mol. The zero-order chi connectivity index (χ0) is 23.8. The summed E-state index contributed by atoms with van der Waals surface area (Å²) in [6, 6.07) is 19.9. The Kier molecular flexibility index (Phi) is 7.93. The van der Waals surface area contributed by atoms with Gasteiger partial charge in [0.25, 0.3) is 0 Å². The topological polar surface area (TPSA) is 81.9 Å². The number of nitrogens with zero attached hydrogens (tertiary/aromatic N) is 4. The summed E-state index contributed by atoms with van der Waals surface area (Å²) < 4.78 is 7.71. The van der Waals surface area contributed by atoms with E-state index in [9.17, 15) is 4.79 Å². The number of benzene rings is 2. The summed E-state index contributed by atoms with van der Waals surface area (Å²) in [6.07, 6.45) is 4.19. The third-order valence-electron chi connectivity index (χ3n) is 5.10. The molecule has 0 unspecified atom stereocenters. The molecule has 8 heteroatoms. The molecule has 0 saturated carbocycles. The first-order chi connectivity index (χ1) is 16.6. The van der Waals surface area contributed by atoms with Gasteiger partial charge >= 0.3 is 0 Å². The van der Waals surface area contributed by atoms with Crippen molar-refractivity contribution in [2.24, 2.45) is 0 Å². The Balaban J connectivity index is 1.34. The number of aryl methyl sites for hydroxylation is 2. The zero-order valence-corrected chi connectivity index (χ0v) is 20.1. The Morgan fingerprint density at radius 3 is 2.56 bits per heavy atom. The van der Waals surface area contributed by atoms with Gasteiger partial charge in [0, 0.05) is 30.2 Å². The van der Waals surface area contributed by atoms with Crippen molar-refractivity contribution >= 4 is 17.7 Å². The molecule has 0 bridgehead atoms. The maximum absolute atomic E-state index is 12.4. The minimum absolute atomic E-state index is 0.0514. The highest BCUT2D eigenvalue weighted by molar-refractivity contribution is 7.99. The summed E-state index contributed by atoms with van der Waals surface area (Å²) in [7, 11) is 0. The molecule has 0 fully saturated rings. The number of rotatable bonds is 10. The van der Waals surface area contributed by atoms with Gasteiger partial charge in [0.2, 0.25) is 5.91 Å². The molecule has 0 atom stereocenters. The number of thioether (sulfide) groups is 1. The lowest BCUT2D eigenvalue weighted by molar-refractivity contribution is -0.118. The van der Waals surface area contributed by atoms with Crippen LogP contribution in [-0.2, 0) is 4.79 Å². The molecule has 34 heavy (non-hydrogen) atoms. The Hall–Kier alpha value is -3.65. The summed E-state index contributed by atoms with van der Waals surface area (Å²) in [6.45, 7) is 5.18. The fourth-order valence-corrected chi connectivity index (χ4v) is 4.14. The number of hydrogen-bond acceptors (Lipinski definition) is 6. The van der Waals surface area contributed by atoms with Gasteiger partial charge in [-0.15, -0.1) is 10.2 Å². The number of ether oxygens (including phenoxy) is 1. The zero-order valence-electron chi connectivity index (χ0n) is 19.3. The lowest BCUT2D eigenvalue weighted by atomic mass is 10.2. The minimum atomic E-state index is -0.0514. The van der Waals surface area contributed by atoms with E-state index in [-0.39, 0.29) is 11.7 Å². The van der Waals surface area contributed by atoms with Gasteiger partial charge in [-0.3, -0.25) is 14.3 Å². The molecule has 4 rings (SSSR count). The molecule has 0 saturated heterocycles. The Morgan fingerprint density at radius 2 is 1.79 bits per heavy atom. The molecule has 2 aromatic heterocycles. The summed E-state index contributed by atoms with van der Waals surface area (Å²) >= 11 is 1.36. The van der Waals surface area contributed by atoms with Crippen LogP contribution in [0.5, 0.6) is 5.75 Å². The Bertz CT molecular complexity index is 1230. The fourth-order valence-electron chi connectivity index (χ4n) is 3.35. The predicted octanol–water partition coefficient (Wildman–Crippen LogP) is 4.62. The summed E-state index contributed by atoms with van der Waals surface area (Å²) in [4.78, 5) is 16.5. The molecule has 0 aliphatic carbocycles. The molecule has 1 N–H and O–H groups in total. The molecular weight excluding hydrogens is 446 g/mol. The van der Waals surface area contributed by atoms with Crippen LogP contribution in [0.25, 0.3) is 17.1 Å². The van der Waals surface area contributed by atoms with E-state index in [1.165, 1.54) is 17.3 Å². The molecule has 0 spiro atoms. The highest BCUT2D eigenvalue weighted by Gasteiger charge is 2.17. The lowest BCUT2D eigenvalue weighted by Crippen LogP contribution is -2.27. The third-order valence-corrected chi connectivity index (χ3v) is 6.03. The van der Waals surface area contributed by atoms with Crippen LogP contribution in [0.15, 0.2) is 78.2 Å². The number of carbonyl (C=O) groups is 1. The van der Waals surface area contributed by atoms with E-state index in [0.717, 1.165) is 29.0 Å². The smallest absolute Gasteiger partial charge is 0.230 e. The summed E-state index contributed by atoms with van der Waals surface area (Å²) in [5.74, 6) is 1.76. The molecule has 0 aliphatic heterocycles. The molecule has 2 aromatic carbocycles.